The van der Waals surface area contributed by atoms with Gasteiger partial charge in [0.25, 0.3) is 5.91 Å². The second-order valence-electron chi connectivity index (χ2n) is 8.55. The fourth-order valence-corrected chi connectivity index (χ4v) is 3.92. The standard InChI is InChI=1S/C23H22N4O3/c1-23(2,3)27-21(25-10-6-7-11-25)16-13-26(14-17(16)24-27)22(29)20-12-18(28)15-8-4-5-9-19(15)30-20/h4-12H,13-14H2,1-3H3. The van der Waals surface area contributed by atoms with Crippen LogP contribution in [0.5, 0.6) is 0 Å². The van der Waals surface area contributed by atoms with Gasteiger partial charge in [0, 0.05) is 24.0 Å². The van der Waals surface area contributed by atoms with E-state index >= 15 is 0 Å². The zero-order chi connectivity index (χ0) is 21.0. The third-order valence-corrected chi connectivity index (χ3v) is 5.35. The Morgan fingerprint density at radius 3 is 2.53 bits per heavy atom. The highest BCUT2D eigenvalue weighted by Gasteiger charge is 2.34. The van der Waals surface area contributed by atoms with E-state index in [1.54, 1.807) is 29.2 Å². The predicted octanol–water partition coefficient (Wildman–Crippen LogP) is 3.69. The zero-order valence-corrected chi connectivity index (χ0v) is 17.1. The SMILES string of the molecule is CC(C)(C)n1nc2c(c1-n1cccc1)CN(C(=O)c1cc(=O)c3ccccc3o1)C2. The summed E-state index contributed by atoms with van der Waals surface area (Å²) in [5.74, 6) is 0.699. The normalized spacial score (nSPS) is 13.8. The van der Waals surface area contributed by atoms with Crippen LogP contribution in [0.3, 0.4) is 0 Å². The van der Waals surface area contributed by atoms with E-state index in [0.717, 1.165) is 17.1 Å². The van der Waals surface area contributed by atoms with Gasteiger partial charge in [-0.15, -0.1) is 0 Å². The third-order valence-electron chi connectivity index (χ3n) is 5.35. The lowest BCUT2D eigenvalue weighted by atomic mass is 10.1. The fourth-order valence-electron chi connectivity index (χ4n) is 3.92. The Morgan fingerprint density at radius 2 is 1.80 bits per heavy atom. The Bertz CT molecular complexity index is 1320. The lowest BCUT2D eigenvalue weighted by molar-refractivity contribution is 0.0716. The van der Waals surface area contributed by atoms with Crippen LogP contribution in [0.15, 0.2) is 64.1 Å². The monoisotopic (exact) mass is 402 g/mol. The van der Waals surface area contributed by atoms with Crippen molar-refractivity contribution in [3.63, 3.8) is 0 Å². The fraction of sp³-hybridized carbons (Fsp3) is 0.261. The second kappa shape index (κ2) is 6.45. The van der Waals surface area contributed by atoms with Crippen LogP contribution in [0.1, 0.15) is 42.6 Å². The van der Waals surface area contributed by atoms with Gasteiger partial charge in [0.05, 0.1) is 29.7 Å². The molecular formula is C23H22N4O3. The molecule has 7 nitrogen and oxygen atoms in total. The van der Waals surface area contributed by atoms with E-state index in [-0.39, 0.29) is 22.6 Å². The van der Waals surface area contributed by atoms with Crippen LogP contribution in [-0.4, -0.2) is 25.2 Å². The number of aromatic nitrogens is 3. The quantitative estimate of drug-likeness (QED) is 0.513. The highest BCUT2D eigenvalue weighted by atomic mass is 16.3. The number of hydrogen-bond donors (Lipinski definition) is 0. The Hall–Kier alpha value is -3.61. The van der Waals surface area contributed by atoms with Gasteiger partial charge in [0.15, 0.2) is 11.2 Å². The highest BCUT2D eigenvalue weighted by molar-refractivity contribution is 5.93. The molecule has 0 N–H and O–H groups in total. The van der Waals surface area contributed by atoms with E-state index in [0.29, 0.717) is 24.1 Å². The number of rotatable bonds is 2. The molecule has 0 spiro atoms. The molecule has 4 heterocycles. The first kappa shape index (κ1) is 18.4. The predicted molar refractivity (Wildman–Crippen MR) is 113 cm³/mol. The summed E-state index contributed by atoms with van der Waals surface area (Å²) >= 11 is 0. The molecule has 0 aliphatic carbocycles. The van der Waals surface area contributed by atoms with Crippen molar-refractivity contribution in [1.29, 1.82) is 0 Å². The van der Waals surface area contributed by atoms with E-state index in [4.69, 9.17) is 9.52 Å². The first-order chi connectivity index (χ1) is 14.3. The number of amides is 1. The summed E-state index contributed by atoms with van der Waals surface area (Å²) in [6, 6.07) is 12.2. The van der Waals surface area contributed by atoms with Gasteiger partial charge in [0.2, 0.25) is 0 Å². The number of benzene rings is 1. The molecule has 30 heavy (non-hydrogen) atoms. The summed E-state index contributed by atoms with van der Waals surface area (Å²) < 4.78 is 9.79. The number of nitrogens with zero attached hydrogens (tertiary/aromatic N) is 4. The van der Waals surface area contributed by atoms with E-state index in [9.17, 15) is 9.59 Å². The van der Waals surface area contributed by atoms with E-state index < -0.39 is 0 Å². The average Bonchev–Trinajstić information content (AvgIpc) is 3.42. The number of carbonyl (C=O) groups excluding carboxylic acids is 1. The van der Waals surface area contributed by atoms with Crippen LogP contribution >= 0.6 is 0 Å². The molecule has 1 amide bonds. The van der Waals surface area contributed by atoms with Crippen LogP contribution in [0.4, 0.5) is 0 Å². The molecular weight excluding hydrogens is 380 g/mol. The van der Waals surface area contributed by atoms with Crippen LogP contribution in [0, 0.1) is 0 Å². The first-order valence-electron chi connectivity index (χ1n) is 9.90. The first-order valence-corrected chi connectivity index (χ1v) is 9.90. The molecule has 0 bridgehead atoms. The van der Waals surface area contributed by atoms with Crippen molar-refractivity contribution in [2.75, 3.05) is 0 Å². The van der Waals surface area contributed by atoms with E-state index in [1.165, 1.54) is 6.07 Å². The van der Waals surface area contributed by atoms with Gasteiger partial charge < -0.3 is 13.9 Å². The topological polar surface area (TPSA) is 73.3 Å². The van der Waals surface area contributed by atoms with Crippen LogP contribution in [0.25, 0.3) is 16.8 Å². The number of para-hydroxylation sites is 1. The number of fused-ring (bicyclic) bond motifs is 2. The van der Waals surface area contributed by atoms with Gasteiger partial charge in [-0.3, -0.25) is 9.59 Å². The van der Waals surface area contributed by atoms with Crippen LogP contribution < -0.4 is 5.43 Å². The van der Waals surface area contributed by atoms with Gasteiger partial charge in [0.1, 0.15) is 11.4 Å². The molecule has 1 aromatic carbocycles. The van der Waals surface area contributed by atoms with Crippen LogP contribution in [0.2, 0.25) is 0 Å². The highest BCUT2D eigenvalue weighted by Crippen LogP contribution is 2.32. The minimum absolute atomic E-state index is 0.0510. The maximum Gasteiger partial charge on any atom is 0.290 e. The molecule has 0 atom stereocenters. The van der Waals surface area contributed by atoms with E-state index in [1.807, 2.05) is 33.8 Å². The molecule has 1 aliphatic rings. The lowest BCUT2D eigenvalue weighted by Crippen LogP contribution is -2.30. The van der Waals surface area contributed by atoms with Crippen molar-refractivity contribution < 1.29 is 9.21 Å². The maximum atomic E-state index is 13.1. The van der Waals surface area contributed by atoms with Crippen molar-refractivity contribution >= 4 is 16.9 Å². The Labute approximate surface area is 173 Å². The third kappa shape index (κ3) is 2.85. The molecule has 5 rings (SSSR count). The van der Waals surface area contributed by atoms with Gasteiger partial charge in [-0.2, -0.15) is 5.10 Å². The molecule has 0 saturated heterocycles. The van der Waals surface area contributed by atoms with Gasteiger partial charge >= 0.3 is 0 Å². The van der Waals surface area contributed by atoms with E-state index in [2.05, 4.69) is 20.8 Å². The molecule has 0 fully saturated rings. The largest absolute Gasteiger partial charge is 0.451 e. The minimum Gasteiger partial charge on any atom is -0.451 e. The van der Waals surface area contributed by atoms with Gasteiger partial charge in [-0.25, -0.2) is 4.68 Å². The molecule has 0 radical (unpaired) electrons. The van der Waals surface area contributed by atoms with Gasteiger partial charge in [-0.1, -0.05) is 12.1 Å². The van der Waals surface area contributed by atoms with Crippen molar-refractivity contribution in [1.82, 2.24) is 19.2 Å². The molecule has 4 aromatic rings. The molecule has 152 valence electrons. The molecule has 0 unspecified atom stereocenters. The summed E-state index contributed by atoms with van der Waals surface area (Å²) in [6.45, 7) is 7.11. The summed E-state index contributed by atoms with van der Waals surface area (Å²) in [7, 11) is 0. The maximum absolute atomic E-state index is 13.1. The summed E-state index contributed by atoms with van der Waals surface area (Å²) in [5.41, 5.74) is 1.87. The minimum atomic E-state index is -0.309. The lowest BCUT2D eigenvalue weighted by Gasteiger charge is -2.24. The Morgan fingerprint density at radius 1 is 1.07 bits per heavy atom. The van der Waals surface area contributed by atoms with Crippen molar-refractivity contribution in [2.24, 2.45) is 0 Å². The van der Waals surface area contributed by atoms with Crippen molar-refractivity contribution in [3.05, 3.63) is 82.1 Å². The molecule has 0 saturated carbocycles. The smallest absolute Gasteiger partial charge is 0.290 e. The Balaban J connectivity index is 1.52. The zero-order valence-electron chi connectivity index (χ0n) is 17.1. The summed E-state index contributed by atoms with van der Waals surface area (Å²) in [6.07, 6.45) is 3.96. The summed E-state index contributed by atoms with van der Waals surface area (Å²) in [4.78, 5) is 27.2. The van der Waals surface area contributed by atoms with Crippen LogP contribution in [-0.2, 0) is 18.6 Å². The molecule has 7 heteroatoms. The van der Waals surface area contributed by atoms with Crippen molar-refractivity contribution in [2.45, 2.75) is 39.4 Å². The number of hydrogen-bond acceptors (Lipinski definition) is 4. The second-order valence-corrected chi connectivity index (χ2v) is 8.55. The molecule has 3 aromatic heterocycles. The summed E-state index contributed by atoms with van der Waals surface area (Å²) in [5, 5.41) is 5.29. The van der Waals surface area contributed by atoms with Crippen molar-refractivity contribution in [3.8, 4) is 5.82 Å². The number of carbonyl (C=O) groups is 1. The average molecular weight is 402 g/mol. The molecule has 1 aliphatic heterocycles. The Kier molecular flexibility index (Phi) is 3.96. The van der Waals surface area contributed by atoms with Gasteiger partial charge in [-0.05, 0) is 45.0 Å².